The summed E-state index contributed by atoms with van der Waals surface area (Å²) in [5.74, 6) is -2.85. The normalized spacial score (nSPS) is 29.2. The summed E-state index contributed by atoms with van der Waals surface area (Å²) < 4.78 is 38.6. The maximum Gasteiger partial charge on any atom is 0.417 e. The molecule has 1 fully saturated rings. The van der Waals surface area contributed by atoms with Gasteiger partial charge in [-0.3, -0.25) is 9.59 Å². The number of benzene rings is 3. The summed E-state index contributed by atoms with van der Waals surface area (Å²) in [6.07, 6.45) is -4.73. The molecule has 34 heavy (non-hydrogen) atoms. The molecular weight excluding hydrogens is 599 g/mol. The first kappa shape index (κ1) is 22.3. The fourth-order valence-corrected chi connectivity index (χ4v) is 8.32. The number of imide groups is 1. The highest BCUT2D eigenvalue weighted by Crippen LogP contribution is 2.70. The van der Waals surface area contributed by atoms with E-state index in [2.05, 4.69) is 31.9 Å². The monoisotopic (exact) mass is 609 g/mol. The molecule has 0 N–H and O–H groups in total. The number of carbonyl (C=O) groups is 2. The zero-order chi connectivity index (χ0) is 24.2. The van der Waals surface area contributed by atoms with Crippen molar-refractivity contribution < 1.29 is 22.8 Å². The molecule has 1 heterocycles. The highest BCUT2D eigenvalue weighted by Gasteiger charge is 2.72. The van der Waals surface area contributed by atoms with Crippen LogP contribution >= 0.6 is 43.5 Å². The third-order valence-electron chi connectivity index (χ3n) is 7.10. The summed E-state index contributed by atoms with van der Waals surface area (Å²) in [6.45, 7) is 0. The largest absolute Gasteiger partial charge is 0.417 e. The Hall–Kier alpha value is -2.16. The Balaban J connectivity index is 1.60. The van der Waals surface area contributed by atoms with E-state index in [4.69, 9.17) is 11.6 Å². The number of nitrogens with zero attached hydrogens (tertiary/aromatic N) is 1. The standard InChI is InChI=1S/C25H13Br2ClF3NO2/c26-23-13-5-1-2-6-14(13)24(27,16-8-4-3-7-15(16)23)20-19(23)21(33)32(22(20)34)12-9-10-18(28)17(11-12)25(29,30)31/h1-11,19-20H/t19-,20+,23?,24?. The lowest BCUT2D eigenvalue weighted by Gasteiger charge is -2.55. The summed E-state index contributed by atoms with van der Waals surface area (Å²) in [4.78, 5) is 28.7. The highest BCUT2D eigenvalue weighted by molar-refractivity contribution is 9.10. The fraction of sp³-hybridized carbons (Fsp3) is 0.200. The summed E-state index contributed by atoms with van der Waals surface area (Å²) >= 11 is 13.5. The predicted octanol–water partition coefficient (Wildman–Crippen LogP) is 6.77. The number of hydrogen-bond acceptors (Lipinski definition) is 2. The van der Waals surface area contributed by atoms with Crippen molar-refractivity contribution in [3.8, 4) is 0 Å². The first-order chi connectivity index (χ1) is 16.0. The third-order valence-corrected chi connectivity index (χ3v) is 10.1. The lowest BCUT2D eigenvalue weighted by atomic mass is 9.54. The van der Waals surface area contributed by atoms with E-state index in [1.165, 1.54) is 6.07 Å². The molecule has 7 rings (SSSR count). The smallest absolute Gasteiger partial charge is 0.274 e. The molecule has 3 nitrogen and oxygen atoms in total. The third kappa shape index (κ3) is 2.54. The van der Waals surface area contributed by atoms with Gasteiger partial charge in [-0.1, -0.05) is 92.0 Å². The summed E-state index contributed by atoms with van der Waals surface area (Å²) in [5.41, 5.74) is 2.15. The van der Waals surface area contributed by atoms with Crippen molar-refractivity contribution >= 4 is 61.0 Å². The van der Waals surface area contributed by atoms with E-state index in [0.29, 0.717) is 0 Å². The average Bonchev–Trinajstić information content (AvgIpc) is 3.08. The van der Waals surface area contributed by atoms with Crippen LogP contribution in [0.5, 0.6) is 0 Å². The van der Waals surface area contributed by atoms with Gasteiger partial charge >= 0.3 is 6.18 Å². The quantitative estimate of drug-likeness (QED) is 0.225. The van der Waals surface area contributed by atoms with Crippen LogP contribution in [0.1, 0.15) is 27.8 Å². The van der Waals surface area contributed by atoms with Crippen LogP contribution in [-0.4, -0.2) is 11.8 Å². The van der Waals surface area contributed by atoms with Gasteiger partial charge in [0, 0.05) is 0 Å². The summed E-state index contributed by atoms with van der Waals surface area (Å²) in [7, 11) is 0. The zero-order valence-corrected chi connectivity index (χ0v) is 21.0. The SMILES string of the molecule is O=C1[C@@H]2[C@H](C(=O)N1c1ccc(Cl)c(C(F)(F)F)c1)C1(Br)c3ccccc3C2(Br)c2ccccc21. The van der Waals surface area contributed by atoms with Gasteiger partial charge < -0.3 is 0 Å². The second-order valence-corrected chi connectivity index (χ2v) is 11.6. The lowest BCUT2D eigenvalue weighted by molar-refractivity contribution is -0.137. The van der Waals surface area contributed by atoms with Gasteiger partial charge in [-0.25, -0.2) is 4.90 Å². The Morgan fingerprint density at radius 2 is 1.18 bits per heavy atom. The molecule has 0 spiro atoms. The first-order valence-electron chi connectivity index (χ1n) is 10.3. The van der Waals surface area contributed by atoms with Crippen LogP contribution in [0.2, 0.25) is 5.02 Å². The minimum atomic E-state index is -4.73. The molecule has 4 aliphatic rings. The van der Waals surface area contributed by atoms with Crippen molar-refractivity contribution in [3.63, 3.8) is 0 Å². The number of amides is 2. The highest BCUT2D eigenvalue weighted by atomic mass is 79.9. The second-order valence-electron chi connectivity index (χ2n) is 8.64. The summed E-state index contributed by atoms with van der Waals surface area (Å²) in [6, 6.07) is 18.2. The van der Waals surface area contributed by atoms with Gasteiger partial charge in [-0.15, -0.1) is 0 Å². The van der Waals surface area contributed by atoms with Crippen LogP contribution in [0.3, 0.4) is 0 Å². The van der Waals surface area contributed by atoms with Crippen molar-refractivity contribution in [1.82, 2.24) is 0 Å². The molecule has 9 heteroatoms. The molecule has 172 valence electrons. The molecular formula is C25H13Br2ClF3NO2. The number of halogens is 6. The molecule has 0 radical (unpaired) electrons. The predicted molar refractivity (Wildman–Crippen MR) is 128 cm³/mol. The minimum absolute atomic E-state index is 0.152. The summed E-state index contributed by atoms with van der Waals surface area (Å²) in [5, 5.41) is -0.499. The van der Waals surface area contributed by atoms with Crippen molar-refractivity contribution in [2.75, 3.05) is 4.90 Å². The van der Waals surface area contributed by atoms with E-state index in [0.717, 1.165) is 39.3 Å². The molecule has 1 aliphatic heterocycles. The maximum atomic E-state index is 13.9. The molecule has 0 aromatic heterocycles. The Labute approximate surface area is 214 Å². The maximum absolute atomic E-state index is 13.9. The molecule has 1 saturated heterocycles. The van der Waals surface area contributed by atoms with Crippen molar-refractivity contribution in [2.24, 2.45) is 11.8 Å². The van der Waals surface area contributed by atoms with E-state index in [-0.39, 0.29) is 5.69 Å². The molecule has 3 aliphatic carbocycles. The van der Waals surface area contributed by atoms with Gasteiger partial charge in [-0.2, -0.15) is 13.2 Å². The second kappa shape index (κ2) is 6.95. The van der Waals surface area contributed by atoms with Gasteiger partial charge in [0.05, 0.1) is 36.8 Å². The molecule has 2 amide bonds. The topological polar surface area (TPSA) is 37.4 Å². The zero-order valence-electron chi connectivity index (χ0n) is 17.0. The van der Waals surface area contributed by atoms with Gasteiger partial charge in [0.1, 0.15) is 0 Å². The molecule has 3 aromatic carbocycles. The van der Waals surface area contributed by atoms with E-state index in [9.17, 15) is 22.8 Å². The Kier molecular flexibility index (Phi) is 4.56. The number of alkyl halides is 5. The van der Waals surface area contributed by atoms with Crippen molar-refractivity contribution in [2.45, 2.75) is 14.8 Å². The van der Waals surface area contributed by atoms with Gasteiger partial charge in [0.2, 0.25) is 11.8 Å². The van der Waals surface area contributed by atoms with Crippen LogP contribution in [0.4, 0.5) is 18.9 Å². The number of hydrogen-bond donors (Lipinski definition) is 0. The van der Waals surface area contributed by atoms with E-state index in [1.807, 2.05) is 48.5 Å². The Morgan fingerprint density at radius 1 is 0.765 bits per heavy atom. The first-order valence-corrected chi connectivity index (χ1v) is 12.3. The van der Waals surface area contributed by atoms with E-state index in [1.54, 1.807) is 0 Å². The van der Waals surface area contributed by atoms with Crippen LogP contribution in [0.15, 0.2) is 66.7 Å². The van der Waals surface area contributed by atoms with Crippen LogP contribution in [0, 0.1) is 11.8 Å². The molecule has 2 atom stereocenters. The number of rotatable bonds is 1. The Morgan fingerprint density at radius 3 is 1.56 bits per heavy atom. The lowest BCUT2D eigenvalue weighted by Crippen LogP contribution is -2.56. The Bertz CT molecular complexity index is 1300. The molecule has 3 aromatic rings. The van der Waals surface area contributed by atoms with Gasteiger partial charge in [-0.05, 0) is 40.5 Å². The van der Waals surface area contributed by atoms with E-state index >= 15 is 0 Å². The molecule has 2 bridgehead atoms. The van der Waals surface area contributed by atoms with Crippen LogP contribution < -0.4 is 4.90 Å². The van der Waals surface area contributed by atoms with Gasteiger partial charge in [0.15, 0.2) is 0 Å². The van der Waals surface area contributed by atoms with Crippen LogP contribution in [-0.2, 0) is 24.4 Å². The molecule has 0 unspecified atom stereocenters. The van der Waals surface area contributed by atoms with Crippen molar-refractivity contribution in [1.29, 1.82) is 0 Å². The van der Waals surface area contributed by atoms with E-state index < -0.39 is 49.1 Å². The number of carbonyl (C=O) groups excluding carboxylic acids is 2. The molecule has 0 saturated carbocycles. The van der Waals surface area contributed by atoms with Crippen LogP contribution in [0.25, 0.3) is 0 Å². The minimum Gasteiger partial charge on any atom is -0.274 e. The van der Waals surface area contributed by atoms with Crippen molar-refractivity contribution in [3.05, 3.63) is 99.6 Å². The average molecular weight is 612 g/mol. The number of anilines is 1. The fourth-order valence-electron chi connectivity index (χ4n) is 5.79. The van der Waals surface area contributed by atoms with Gasteiger partial charge in [0.25, 0.3) is 0 Å².